The maximum absolute atomic E-state index is 14.1. The van der Waals surface area contributed by atoms with Crippen molar-refractivity contribution in [2.24, 2.45) is 0 Å². The third-order valence-electron chi connectivity index (χ3n) is 6.17. The fraction of sp³-hybridized carbons (Fsp3) is 0.545. The van der Waals surface area contributed by atoms with E-state index in [9.17, 15) is 14.0 Å². The molecule has 3 fully saturated rings. The highest BCUT2D eigenvalue weighted by atomic mass is 32.2. The number of rotatable bonds is 3. The number of carbonyl (C=O) groups excluding carboxylic acids is 2. The lowest BCUT2D eigenvalue weighted by atomic mass is 9.93. The third-order valence-corrected chi connectivity index (χ3v) is 7.57. The molecule has 29 heavy (non-hydrogen) atoms. The number of nitrogens with zero attached hydrogens (tertiary/aromatic N) is 3. The predicted molar refractivity (Wildman–Crippen MR) is 114 cm³/mol. The van der Waals surface area contributed by atoms with Gasteiger partial charge in [-0.05, 0) is 32.0 Å². The second-order valence-electron chi connectivity index (χ2n) is 8.16. The van der Waals surface area contributed by atoms with E-state index in [4.69, 9.17) is 0 Å². The van der Waals surface area contributed by atoms with Crippen molar-refractivity contribution in [2.75, 3.05) is 39.8 Å². The largest absolute Gasteiger partial charge is 0.339 e. The third kappa shape index (κ3) is 4.51. The molecule has 1 aromatic carbocycles. The van der Waals surface area contributed by atoms with E-state index < -0.39 is 0 Å². The van der Waals surface area contributed by atoms with Gasteiger partial charge in [-0.15, -0.1) is 11.8 Å². The molecule has 1 saturated carbocycles. The van der Waals surface area contributed by atoms with Crippen LogP contribution in [0.1, 0.15) is 31.2 Å². The average Bonchev–Trinajstić information content (AvgIpc) is 2.73. The summed E-state index contributed by atoms with van der Waals surface area (Å²) in [5, 5.41) is 0.278. The van der Waals surface area contributed by atoms with Crippen molar-refractivity contribution in [3.8, 4) is 0 Å². The van der Waals surface area contributed by atoms with Crippen LogP contribution in [0.25, 0.3) is 6.08 Å². The topological polar surface area (TPSA) is 43.9 Å². The van der Waals surface area contributed by atoms with Crippen LogP contribution < -0.4 is 0 Å². The second kappa shape index (κ2) is 8.88. The lowest BCUT2D eigenvalue weighted by Gasteiger charge is -2.44. The number of amides is 2. The first-order chi connectivity index (χ1) is 14.0. The molecule has 4 rings (SSSR count). The highest BCUT2D eigenvalue weighted by molar-refractivity contribution is 8.04. The molecular formula is C22H28FN3O2S. The molecule has 2 amide bonds. The molecule has 3 aliphatic rings. The quantitative estimate of drug-likeness (QED) is 0.710. The van der Waals surface area contributed by atoms with Gasteiger partial charge in [-0.25, -0.2) is 4.39 Å². The number of thioether (sulfide) groups is 1. The molecule has 2 atom stereocenters. The van der Waals surface area contributed by atoms with Gasteiger partial charge in [-0.2, -0.15) is 0 Å². The molecule has 5 nitrogen and oxygen atoms in total. The van der Waals surface area contributed by atoms with E-state index in [0.29, 0.717) is 23.6 Å². The van der Waals surface area contributed by atoms with Gasteiger partial charge >= 0.3 is 0 Å². The summed E-state index contributed by atoms with van der Waals surface area (Å²) in [6.07, 6.45) is 5.83. The first-order valence-electron chi connectivity index (χ1n) is 10.4. The first kappa shape index (κ1) is 20.4. The monoisotopic (exact) mass is 417 g/mol. The molecule has 0 spiro atoms. The van der Waals surface area contributed by atoms with Crippen molar-refractivity contribution in [1.29, 1.82) is 0 Å². The fourth-order valence-corrected chi connectivity index (χ4v) is 5.86. The van der Waals surface area contributed by atoms with Crippen molar-refractivity contribution in [2.45, 2.75) is 37.0 Å². The van der Waals surface area contributed by atoms with Crippen LogP contribution in [0.15, 0.2) is 29.2 Å². The minimum absolute atomic E-state index is 0.0212. The lowest BCUT2D eigenvalue weighted by molar-refractivity contribution is -0.141. The van der Waals surface area contributed by atoms with Gasteiger partial charge in [0.15, 0.2) is 0 Å². The standard InChI is InChI=1S/C22H28FN3O2S/c1-24-10-12-25(13-11-24)21(27)15-26-18-8-4-5-9-19(18)29-20(22(26)28)14-16-6-2-3-7-17(16)23/h2-3,6-7,14,18-19H,4-5,8-13,15H2,1H3/b20-14-. The van der Waals surface area contributed by atoms with Crippen LogP contribution in [0.3, 0.4) is 0 Å². The van der Waals surface area contributed by atoms with E-state index in [1.165, 1.54) is 6.07 Å². The Morgan fingerprint density at radius 3 is 2.66 bits per heavy atom. The van der Waals surface area contributed by atoms with Crippen molar-refractivity contribution in [3.05, 3.63) is 40.6 Å². The molecule has 156 valence electrons. The Kier molecular flexibility index (Phi) is 6.25. The summed E-state index contributed by atoms with van der Waals surface area (Å²) < 4.78 is 14.1. The van der Waals surface area contributed by atoms with Crippen LogP contribution in [0.4, 0.5) is 4.39 Å². The number of carbonyl (C=O) groups is 2. The zero-order chi connectivity index (χ0) is 20.4. The Balaban J connectivity index is 1.56. The molecule has 0 aromatic heterocycles. The van der Waals surface area contributed by atoms with Gasteiger partial charge in [0.1, 0.15) is 12.4 Å². The van der Waals surface area contributed by atoms with Gasteiger partial charge in [0.25, 0.3) is 5.91 Å². The van der Waals surface area contributed by atoms with Gasteiger partial charge in [0.05, 0.1) is 4.91 Å². The van der Waals surface area contributed by atoms with E-state index in [0.717, 1.165) is 38.8 Å². The highest BCUT2D eigenvalue weighted by Gasteiger charge is 2.41. The molecule has 2 saturated heterocycles. The Morgan fingerprint density at radius 1 is 1.17 bits per heavy atom. The van der Waals surface area contributed by atoms with Crippen LogP contribution in [0.5, 0.6) is 0 Å². The minimum Gasteiger partial charge on any atom is -0.339 e. The fourth-order valence-electron chi connectivity index (χ4n) is 4.40. The van der Waals surface area contributed by atoms with Crippen LogP contribution in [-0.4, -0.2) is 77.6 Å². The van der Waals surface area contributed by atoms with E-state index >= 15 is 0 Å². The van der Waals surface area contributed by atoms with Crippen LogP contribution in [-0.2, 0) is 9.59 Å². The molecule has 0 bridgehead atoms. The van der Waals surface area contributed by atoms with Crippen molar-refractivity contribution in [3.63, 3.8) is 0 Å². The van der Waals surface area contributed by atoms with E-state index in [1.54, 1.807) is 40.9 Å². The lowest BCUT2D eigenvalue weighted by Crippen LogP contribution is -2.56. The molecule has 1 aromatic rings. The summed E-state index contributed by atoms with van der Waals surface area (Å²) in [4.78, 5) is 32.6. The maximum Gasteiger partial charge on any atom is 0.261 e. The predicted octanol–water partition coefficient (Wildman–Crippen LogP) is 2.83. The van der Waals surface area contributed by atoms with Crippen LogP contribution in [0, 0.1) is 5.82 Å². The van der Waals surface area contributed by atoms with Crippen molar-refractivity contribution < 1.29 is 14.0 Å². The number of halogens is 1. The summed E-state index contributed by atoms with van der Waals surface area (Å²) in [6, 6.07) is 6.60. The normalized spacial score (nSPS) is 27.2. The van der Waals surface area contributed by atoms with E-state index in [2.05, 4.69) is 11.9 Å². The van der Waals surface area contributed by atoms with Gasteiger partial charge in [-0.1, -0.05) is 31.0 Å². The number of piperazine rings is 1. The molecular weight excluding hydrogens is 389 g/mol. The van der Waals surface area contributed by atoms with E-state index in [1.807, 2.05) is 4.90 Å². The number of hydrogen-bond acceptors (Lipinski definition) is 4. The molecule has 0 radical (unpaired) electrons. The summed E-state index contributed by atoms with van der Waals surface area (Å²) in [6.45, 7) is 3.26. The highest BCUT2D eigenvalue weighted by Crippen LogP contribution is 2.42. The van der Waals surface area contributed by atoms with Gasteiger partial charge in [0.2, 0.25) is 5.91 Å². The molecule has 1 aliphatic carbocycles. The zero-order valence-corrected chi connectivity index (χ0v) is 17.7. The summed E-state index contributed by atoms with van der Waals surface area (Å²) in [5.74, 6) is -0.448. The Morgan fingerprint density at radius 2 is 1.90 bits per heavy atom. The van der Waals surface area contributed by atoms with Gasteiger partial charge < -0.3 is 14.7 Å². The number of hydrogen-bond donors (Lipinski definition) is 0. The smallest absolute Gasteiger partial charge is 0.261 e. The minimum atomic E-state index is -0.334. The Bertz CT molecular complexity index is 807. The molecule has 2 aliphatic heterocycles. The van der Waals surface area contributed by atoms with Crippen molar-refractivity contribution >= 4 is 29.7 Å². The summed E-state index contributed by atoms with van der Waals surface area (Å²) in [5.41, 5.74) is 0.419. The Hall–Kier alpha value is -1.86. The average molecular weight is 418 g/mol. The zero-order valence-electron chi connectivity index (χ0n) is 16.8. The molecule has 2 heterocycles. The maximum atomic E-state index is 14.1. The molecule has 7 heteroatoms. The SMILES string of the molecule is CN1CCN(C(=O)CN2C(=O)/C(=C/c3ccccc3F)SC3CCCCC32)CC1. The summed E-state index contributed by atoms with van der Waals surface area (Å²) >= 11 is 1.57. The van der Waals surface area contributed by atoms with Gasteiger partial charge in [0, 0.05) is 43.0 Å². The van der Waals surface area contributed by atoms with Crippen molar-refractivity contribution in [1.82, 2.24) is 14.7 Å². The van der Waals surface area contributed by atoms with E-state index in [-0.39, 0.29) is 35.5 Å². The van der Waals surface area contributed by atoms with Crippen LogP contribution >= 0.6 is 11.8 Å². The summed E-state index contributed by atoms with van der Waals surface area (Å²) in [7, 11) is 2.06. The molecule has 2 unspecified atom stereocenters. The van der Waals surface area contributed by atoms with Gasteiger partial charge in [-0.3, -0.25) is 9.59 Å². The molecule has 0 N–H and O–H groups in total. The first-order valence-corrected chi connectivity index (χ1v) is 11.3. The Labute approximate surface area is 175 Å². The number of benzene rings is 1. The second-order valence-corrected chi connectivity index (χ2v) is 9.44. The van der Waals surface area contributed by atoms with Crippen LogP contribution in [0.2, 0.25) is 0 Å². The number of fused-ring (bicyclic) bond motifs is 1. The number of likely N-dealkylation sites (N-methyl/N-ethyl adjacent to an activating group) is 1.